The Morgan fingerprint density at radius 1 is 1.44 bits per heavy atom. The lowest BCUT2D eigenvalue weighted by atomic mass is 9.63. The van der Waals surface area contributed by atoms with Crippen LogP contribution in [-0.4, -0.2) is 12.7 Å². The summed E-state index contributed by atoms with van der Waals surface area (Å²) in [5, 5.41) is 0. The summed E-state index contributed by atoms with van der Waals surface area (Å²) in [5.41, 5.74) is 0. The van der Waals surface area contributed by atoms with Crippen molar-refractivity contribution in [3.05, 3.63) is 0 Å². The summed E-state index contributed by atoms with van der Waals surface area (Å²) < 4.78 is 5.31. The summed E-state index contributed by atoms with van der Waals surface area (Å²) in [6.45, 7) is 5.69. The van der Waals surface area contributed by atoms with Gasteiger partial charge >= 0.3 is 0 Å². The first-order valence-electron chi connectivity index (χ1n) is 3.90. The van der Waals surface area contributed by atoms with Crippen LogP contribution >= 0.6 is 0 Å². The minimum absolute atomic E-state index is 0.678. The molecule has 0 amide bonds. The van der Waals surface area contributed by atoms with Crippen LogP contribution in [0.2, 0.25) is 0 Å². The summed E-state index contributed by atoms with van der Waals surface area (Å²) in [4.78, 5) is 0. The molecule has 1 heterocycles. The molecule has 2 aliphatic rings. The second-order valence-electron chi connectivity index (χ2n) is 3.68. The molecule has 0 aromatic heterocycles. The molecular formula is C8H14O. The smallest absolute Gasteiger partial charge is 0.0631 e. The zero-order chi connectivity index (χ0) is 6.43. The molecule has 3 unspecified atom stereocenters. The Kier molecular flexibility index (Phi) is 1.10. The van der Waals surface area contributed by atoms with Gasteiger partial charge in [-0.15, -0.1) is 0 Å². The van der Waals surface area contributed by atoms with Crippen molar-refractivity contribution in [3.8, 4) is 0 Å². The van der Waals surface area contributed by atoms with Gasteiger partial charge in [-0.2, -0.15) is 0 Å². The van der Waals surface area contributed by atoms with Crippen LogP contribution in [0.1, 0.15) is 20.3 Å². The number of fused-ring (bicyclic) bond motifs is 1. The molecule has 2 fully saturated rings. The Hall–Kier alpha value is -0.0400. The maximum absolute atomic E-state index is 5.31. The van der Waals surface area contributed by atoms with Crippen molar-refractivity contribution in [1.82, 2.24) is 0 Å². The first-order valence-corrected chi connectivity index (χ1v) is 3.90. The maximum atomic E-state index is 5.31. The average Bonchev–Trinajstić information content (AvgIpc) is 1.76. The second kappa shape index (κ2) is 1.72. The highest BCUT2D eigenvalue weighted by Gasteiger charge is 2.49. The topological polar surface area (TPSA) is 9.23 Å². The van der Waals surface area contributed by atoms with E-state index in [2.05, 4.69) is 13.8 Å². The lowest BCUT2D eigenvalue weighted by Gasteiger charge is -2.54. The van der Waals surface area contributed by atoms with Crippen LogP contribution in [0.25, 0.3) is 0 Å². The van der Waals surface area contributed by atoms with E-state index in [0.29, 0.717) is 6.10 Å². The SMILES string of the molecule is CC(C)C1CC2OCC21. The monoisotopic (exact) mass is 126 g/mol. The van der Waals surface area contributed by atoms with Gasteiger partial charge in [-0.3, -0.25) is 0 Å². The Morgan fingerprint density at radius 2 is 2.22 bits per heavy atom. The fourth-order valence-electron chi connectivity index (χ4n) is 2.00. The fourth-order valence-corrected chi connectivity index (χ4v) is 2.00. The van der Waals surface area contributed by atoms with Crippen LogP contribution < -0.4 is 0 Å². The van der Waals surface area contributed by atoms with E-state index >= 15 is 0 Å². The Labute approximate surface area is 56.4 Å². The van der Waals surface area contributed by atoms with E-state index in [1.165, 1.54) is 6.42 Å². The third-order valence-electron chi connectivity index (χ3n) is 2.89. The first kappa shape index (κ1) is 5.72. The predicted octanol–water partition coefficient (Wildman–Crippen LogP) is 1.68. The standard InChI is InChI=1S/C8H14O/c1-5(2)6-3-8-7(6)4-9-8/h5-8H,3-4H2,1-2H3. The third kappa shape index (κ3) is 0.644. The number of hydrogen-bond acceptors (Lipinski definition) is 1. The maximum Gasteiger partial charge on any atom is 0.0631 e. The van der Waals surface area contributed by atoms with Gasteiger partial charge in [0.15, 0.2) is 0 Å². The van der Waals surface area contributed by atoms with Gasteiger partial charge in [-0.1, -0.05) is 13.8 Å². The molecule has 0 radical (unpaired) electrons. The quantitative estimate of drug-likeness (QED) is 0.519. The van der Waals surface area contributed by atoms with E-state index in [9.17, 15) is 0 Å². The molecule has 1 saturated heterocycles. The van der Waals surface area contributed by atoms with Crippen molar-refractivity contribution in [2.75, 3.05) is 6.61 Å². The van der Waals surface area contributed by atoms with Gasteiger partial charge in [0.25, 0.3) is 0 Å². The summed E-state index contributed by atoms with van der Waals surface area (Å²) in [5.74, 6) is 2.82. The molecular weight excluding hydrogens is 112 g/mol. The highest BCUT2D eigenvalue weighted by Crippen LogP contribution is 2.47. The fraction of sp³-hybridized carbons (Fsp3) is 1.00. The lowest BCUT2D eigenvalue weighted by Crippen LogP contribution is -2.56. The van der Waals surface area contributed by atoms with Gasteiger partial charge in [0, 0.05) is 5.92 Å². The largest absolute Gasteiger partial charge is 0.377 e. The molecule has 1 nitrogen and oxygen atoms in total. The van der Waals surface area contributed by atoms with Crippen LogP contribution in [0.5, 0.6) is 0 Å². The number of hydrogen-bond donors (Lipinski definition) is 0. The molecule has 2 rings (SSSR count). The van der Waals surface area contributed by atoms with Gasteiger partial charge < -0.3 is 4.74 Å². The van der Waals surface area contributed by atoms with Crippen LogP contribution in [-0.2, 0) is 4.74 Å². The molecule has 1 aliphatic heterocycles. The summed E-state index contributed by atoms with van der Waals surface area (Å²) in [7, 11) is 0. The highest BCUT2D eigenvalue weighted by molar-refractivity contribution is 4.97. The van der Waals surface area contributed by atoms with E-state index < -0.39 is 0 Å². The van der Waals surface area contributed by atoms with Crippen LogP contribution in [0.3, 0.4) is 0 Å². The molecule has 0 aromatic rings. The van der Waals surface area contributed by atoms with Gasteiger partial charge in [-0.25, -0.2) is 0 Å². The second-order valence-corrected chi connectivity index (χ2v) is 3.68. The highest BCUT2D eigenvalue weighted by atomic mass is 16.5. The van der Waals surface area contributed by atoms with E-state index in [-0.39, 0.29) is 0 Å². The molecule has 9 heavy (non-hydrogen) atoms. The Bertz CT molecular complexity index is 120. The summed E-state index contributed by atoms with van der Waals surface area (Å²) in [6, 6.07) is 0. The van der Waals surface area contributed by atoms with Crippen molar-refractivity contribution < 1.29 is 4.74 Å². The van der Waals surface area contributed by atoms with Crippen molar-refractivity contribution in [2.24, 2.45) is 17.8 Å². The molecule has 0 bridgehead atoms. The molecule has 1 saturated carbocycles. The number of rotatable bonds is 1. The minimum Gasteiger partial charge on any atom is -0.377 e. The van der Waals surface area contributed by atoms with Crippen molar-refractivity contribution in [1.29, 1.82) is 0 Å². The molecule has 0 aromatic carbocycles. The summed E-state index contributed by atoms with van der Waals surface area (Å²) >= 11 is 0. The van der Waals surface area contributed by atoms with E-state index in [4.69, 9.17) is 4.74 Å². The van der Waals surface area contributed by atoms with Gasteiger partial charge in [0.1, 0.15) is 0 Å². The van der Waals surface area contributed by atoms with Crippen LogP contribution in [0.4, 0.5) is 0 Å². The Balaban J connectivity index is 1.90. The van der Waals surface area contributed by atoms with Crippen molar-refractivity contribution in [3.63, 3.8) is 0 Å². The Morgan fingerprint density at radius 3 is 2.33 bits per heavy atom. The molecule has 0 spiro atoms. The normalized spacial score (nSPS) is 47.7. The minimum atomic E-state index is 0.678. The molecule has 0 N–H and O–H groups in total. The van der Waals surface area contributed by atoms with E-state index in [1.54, 1.807) is 0 Å². The predicted molar refractivity (Wildman–Crippen MR) is 36.2 cm³/mol. The first-order chi connectivity index (χ1) is 4.29. The summed E-state index contributed by atoms with van der Waals surface area (Å²) in [6.07, 6.45) is 2.01. The van der Waals surface area contributed by atoms with Gasteiger partial charge in [-0.05, 0) is 18.3 Å². The van der Waals surface area contributed by atoms with Crippen LogP contribution in [0, 0.1) is 17.8 Å². The van der Waals surface area contributed by atoms with E-state index in [0.717, 1.165) is 24.4 Å². The van der Waals surface area contributed by atoms with Gasteiger partial charge in [0.05, 0.1) is 12.7 Å². The van der Waals surface area contributed by atoms with Crippen molar-refractivity contribution >= 4 is 0 Å². The van der Waals surface area contributed by atoms with Crippen molar-refractivity contribution in [2.45, 2.75) is 26.4 Å². The van der Waals surface area contributed by atoms with Gasteiger partial charge in [0.2, 0.25) is 0 Å². The number of ether oxygens (including phenoxy) is 1. The van der Waals surface area contributed by atoms with E-state index in [1.807, 2.05) is 0 Å². The zero-order valence-corrected chi connectivity index (χ0v) is 6.13. The average molecular weight is 126 g/mol. The van der Waals surface area contributed by atoms with Crippen LogP contribution in [0.15, 0.2) is 0 Å². The molecule has 1 aliphatic carbocycles. The zero-order valence-electron chi connectivity index (χ0n) is 6.13. The molecule has 1 heteroatoms. The molecule has 3 atom stereocenters. The third-order valence-corrected chi connectivity index (χ3v) is 2.89. The molecule has 52 valence electrons. The lowest BCUT2D eigenvalue weighted by molar-refractivity contribution is -0.220.